The van der Waals surface area contributed by atoms with Gasteiger partial charge in [0.05, 0.1) is 12.2 Å². The van der Waals surface area contributed by atoms with E-state index < -0.39 is 23.8 Å². The molecule has 23 heavy (non-hydrogen) atoms. The predicted octanol–water partition coefficient (Wildman–Crippen LogP) is 4.15. The minimum Gasteiger partial charge on any atom is -0.475 e. The Bertz CT molecular complexity index is 618. The zero-order valence-corrected chi connectivity index (χ0v) is 13.2. The first-order valence-electron chi connectivity index (χ1n) is 7.47. The quantitative estimate of drug-likeness (QED) is 0.779. The van der Waals surface area contributed by atoms with Crippen LogP contribution in [0.5, 0.6) is 5.75 Å². The largest absolute Gasteiger partial charge is 0.475 e. The topological polar surface area (TPSA) is 35.5 Å². The molecule has 0 N–H and O–H groups in total. The SMILES string of the molecule is CCOC(=O)C1=Cc2ccc(CC(C)C)cc2OC1C(F)(F)F. The minimum atomic E-state index is -4.69. The minimum absolute atomic E-state index is 0.000926. The zero-order valence-electron chi connectivity index (χ0n) is 13.2. The first-order chi connectivity index (χ1) is 10.7. The van der Waals surface area contributed by atoms with Gasteiger partial charge in [-0.2, -0.15) is 13.2 Å². The van der Waals surface area contributed by atoms with Gasteiger partial charge >= 0.3 is 12.1 Å². The Morgan fingerprint density at radius 3 is 2.61 bits per heavy atom. The summed E-state index contributed by atoms with van der Waals surface area (Å²) in [6, 6.07) is 5.10. The van der Waals surface area contributed by atoms with Crippen molar-refractivity contribution in [3.8, 4) is 5.75 Å². The lowest BCUT2D eigenvalue weighted by Gasteiger charge is -2.28. The highest BCUT2D eigenvalue weighted by Gasteiger charge is 2.48. The molecule has 1 unspecified atom stereocenters. The average molecular weight is 328 g/mol. The van der Waals surface area contributed by atoms with Crippen LogP contribution in [0.2, 0.25) is 0 Å². The van der Waals surface area contributed by atoms with Crippen LogP contribution in [0, 0.1) is 5.92 Å². The number of alkyl halides is 3. The van der Waals surface area contributed by atoms with Gasteiger partial charge in [0, 0.05) is 5.56 Å². The molecule has 2 rings (SSSR count). The molecule has 3 nitrogen and oxygen atoms in total. The maximum Gasteiger partial charge on any atom is 0.430 e. The lowest BCUT2D eigenvalue weighted by Crippen LogP contribution is -2.40. The van der Waals surface area contributed by atoms with Crippen molar-refractivity contribution in [2.45, 2.75) is 39.5 Å². The number of ether oxygens (including phenoxy) is 2. The maximum atomic E-state index is 13.2. The first kappa shape index (κ1) is 17.4. The van der Waals surface area contributed by atoms with Crippen molar-refractivity contribution in [2.75, 3.05) is 6.61 Å². The van der Waals surface area contributed by atoms with Gasteiger partial charge in [0.2, 0.25) is 6.10 Å². The number of carbonyl (C=O) groups is 1. The van der Waals surface area contributed by atoms with Crippen molar-refractivity contribution in [3.05, 3.63) is 34.9 Å². The van der Waals surface area contributed by atoms with Crippen LogP contribution in [0.3, 0.4) is 0 Å². The molecule has 1 aromatic rings. The number of carbonyl (C=O) groups excluding carboxylic acids is 1. The summed E-state index contributed by atoms with van der Waals surface area (Å²) in [6.07, 6.45) is -5.05. The second-order valence-corrected chi connectivity index (χ2v) is 5.83. The van der Waals surface area contributed by atoms with E-state index in [1.54, 1.807) is 12.1 Å². The van der Waals surface area contributed by atoms with E-state index >= 15 is 0 Å². The van der Waals surface area contributed by atoms with E-state index in [1.165, 1.54) is 13.0 Å². The van der Waals surface area contributed by atoms with Gasteiger partial charge in [-0.1, -0.05) is 26.0 Å². The zero-order chi connectivity index (χ0) is 17.2. The van der Waals surface area contributed by atoms with Crippen LogP contribution in [-0.4, -0.2) is 24.9 Å². The molecule has 1 heterocycles. The summed E-state index contributed by atoms with van der Waals surface area (Å²) in [7, 11) is 0. The van der Waals surface area contributed by atoms with Crippen LogP contribution in [0.4, 0.5) is 13.2 Å². The number of benzene rings is 1. The Kier molecular flexibility index (Phi) is 5.02. The fraction of sp³-hybridized carbons (Fsp3) is 0.471. The molecule has 0 spiro atoms. The molecule has 0 aromatic heterocycles. The predicted molar refractivity (Wildman–Crippen MR) is 80.1 cm³/mol. The van der Waals surface area contributed by atoms with Gasteiger partial charge in [0.15, 0.2) is 0 Å². The van der Waals surface area contributed by atoms with Crippen molar-refractivity contribution in [1.29, 1.82) is 0 Å². The Hall–Kier alpha value is -1.98. The van der Waals surface area contributed by atoms with Crippen LogP contribution in [-0.2, 0) is 16.0 Å². The van der Waals surface area contributed by atoms with Gasteiger partial charge in [-0.25, -0.2) is 4.79 Å². The summed E-state index contributed by atoms with van der Waals surface area (Å²) in [4.78, 5) is 11.8. The van der Waals surface area contributed by atoms with E-state index in [2.05, 4.69) is 0 Å². The van der Waals surface area contributed by atoms with Gasteiger partial charge in [0.25, 0.3) is 0 Å². The van der Waals surface area contributed by atoms with E-state index in [-0.39, 0.29) is 12.4 Å². The maximum absolute atomic E-state index is 13.2. The van der Waals surface area contributed by atoms with Crippen LogP contribution in [0.15, 0.2) is 23.8 Å². The van der Waals surface area contributed by atoms with Gasteiger partial charge in [-0.05, 0) is 37.0 Å². The molecular formula is C17H19F3O3. The highest BCUT2D eigenvalue weighted by atomic mass is 19.4. The Balaban J connectivity index is 2.42. The third kappa shape index (κ3) is 4.06. The molecule has 0 amide bonds. The first-order valence-corrected chi connectivity index (χ1v) is 7.47. The van der Waals surface area contributed by atoms with Crippen molar-refractivity contribution in [2.24, 2.45) is 5.92 Å². The van der Waals surface area contributed by atoms with Crippen molar-refractivity contribution >= 4 is 12.0 Å². The Morgan fingerprint density at radius 2 is 2.04 bits per heavy atom. The highest BCUT2D eigenvalue weighted by Crippen LogP contribution is 2.38. The van der Waals surface area contributed by atoms with Crippen LogP contribution in [0.1, 0.15) is 31.9 Å². The second-order valence-electron chi connectivity index (χ2n) is 5.83. The normalized spacial score (nSPS) is 17.3. The molecule has 126 valence electrons. The summed E-state index contributed by atoms with van der Waals surface area (Å²) in [5.74, 6) is -0.494. The van der Waals surface area contributed by atoms with E-state index in [9.17, 15) is 18.0 Å². The molecule has 6 heteroatoms. The molecule has 0 radical (unpaired) electrons. The highest BCUT2D eigenvalue weighted by molar-refractivity contribution is 5.96. The smallest absolute Gasteiger partial charge is 0.430 e. The van der Waals surface area contributed by atoms with Gasteiger partial charge in [-0.3, -0.25) is 0 Å². The summed E-state index contributed by atoms with van der Waals surface area (Å²) in [6.45, 7) is 5.59. The molecule has 0 saturated heterocycles. The average Bonchev–Trinajstić information content (AvgIpc) is 2.44. The fourth-order valence-corrected chi connectivity index (χ4v) is 2.46. The molecule has 0 bridgehead atoms. The number of hydrogen-bond acceptors (Lipinski definition) is 3. The number of rotatable bonds is 4. The van der Waals surface area contributed by atoms with E-state index in [1.807, 2.05) is 19.9 Å². The number of hydrogen-bond donors (Lipinski definition) is 0. The van der Waals surface area contributed by atoms with Gasteiger partial charge < -0.3 is 9.47 Å². The summed E-state index contributed by atoms with van der Waals surface area (Å²) in [5, 5.41) is 0. The second kappa shape index (κ2) is 6.64. The molecule has 0 aliphatic carbocycles. The number of fused-ring (bicyclic) bond motifs is 1. The van der Waals surface area contributed by atoms with Crippen molar-refractivity contribution < 1.29 is 27.4 Å². The number of halogens is 3. The van der Waals surface area contributed by atoms with Crippen LogP contribution in [0.25, 0.3) is 6.08 Å². The molecule has 1 aliphatic rings. The van der Waals surface area contributed by atoms with E-state index in [0.717, 1.165) is 12.0 Å². The lowest BCUT2D eigenvalue weighted by atomic mass is 9.97. The molecule has 1 aromatic carbocycles. The van der Waals surface area contributed by atoms with Crippen molar-refractivity contribution in [3.63, 3.8) is 0 Å². The molecule has 0 saturated carbocycles. The monoisotopic (exact) mass is 328 g/mol. The Morgan fingerprint density at radius 1 is 1.35 bits per heavy atom. The standard InChI is InChI=1S/C17H19F3O3/c1-4-22-16(21)13-9-12-6-5-11(7-10(2)3)8-14(12)23-15(13)17(18,19)20/h5-6,8-10,15H,4,7H2,1-3H3. The molecule has 1 aliphatic heterocycles. The van der Waals surface area contributed by atoms with Gasteiger partial charge in [-0.15, -0.1) is 0 Å². The van der Waals surface area contributed by atoms with Crippen LogP contribution < -0.4 is 4.74 Å². The fourth-order valence-electron chi connectivity index (χ4n) is 2.46. The van der Waals surface area contributed by atoms with E-state index in [0.29, 0.717) is 11.5 Å². The summed E-state index contributed by atoms with van der Waals surface area (Å²) < 4.78 is 49.5. The third-order valence-corrected chi connectivity index (χ3v) is 3.37. The molecule has 1 atom stereocenters. The third-order valence-electron chi connectivity index (χ3n) is 3.37. The summed E-state index contributed by atoms with van der Waals surface area (Å²) in [5.41, 5.74) is 0.817. The lowest BCUT2D eigenvalue weighted by molar-refractivity contribution is -0.187. The molecular weight excluding hydrogens is 309 g/mol. The molecule has 0 fully saturated rings. The van der Waals surface area contributed by atoms with E-state index in [4.69, 9.17) is 9.47 Å². The Labute approximate surface area is 133 Å². The van der Waals surface area contributed by atoms with Crippen LogP contribution >= 0.6 is 0 Å². The summed E-state index contributed by atoms with van der Waals surface area (Å²) >= 11 is 0. The van der Waals surface area contributed by atoms with Gasteiger partial charge in [0.1, 0.15) is 5.75 Å². The van der Waals surface area contributed by atoms with Crippen molar-refractivity contribution in [1.82, 2.24) is 0 Å². The number of esters is 1.